The summed E-state index contributed by atoms with van der Waals surface area (Å²) >= 11 is 0. The minimum atomic E-state index is 0.0755. The maximum absolute atomic E-state index is 8.95. The molecule has 1 aliphatic rings. The number of aliphatic hydroxyl groups is 1. The lowest BCUT2D eigenvalue weighted by molar-refractivity contribution is 0.129. The van der Waals surface area contributed by atoms with Crippen molar-refractivity contribution in [3.63, 3.8) is 0 Å². The lowest BCUT2D eigenvalue weighted by Gasteiger charge is -2.09. The van der Waals surface area contributed by atoms with E-state index in [4.69, 9.17) is 9.84 Å². The summed E-state index contributed by atoms with van der Waals surface area (Å²) < 4.78 is 5.45. The number of rotatable bonds is 2. The van der Waals surface area contributed by atoms with Crippen LogP contribution in [0.3, 0.4) is 0 Å². The molecule has 68 valence electrons. The number of aliphatic hydroxyl groups excluding tert-OH is 1. The van der Waals surface area contributed by atoms with Crippen LogP contribution in [0.2, 0.25) is 0 Å². The molecule has 1 aromatic carbocycles. The maximum atomic E-state index is 8.95. The van der Waals surface area contributed by atoms with Gasteiger partial charge < -0.3 is 9.84 Å². The number of ether oxygens (including phenoxy) is 1. The van der Waals surface area contributed by atoms with Gasteiger partial charge in [0.15, 0.2) is 0 Å². The SMILES string of the molecule is OCc1cccc(C2C=CCO2)c1. The second-order valence-corrected chi connectivity index (χ2v) is 3.09. The molecule has 0 amide bonds. The highest BCUT2D eigenvalue weighted by molar-refractivity contribution is 5.28. The molecule has 1 unspecified atom stereocenters. The van der Waals surface area contributed by atoms with E-state index in [-0.39, 0.29) is 12.7 Å². The monoisotopic (exact) mass is 176 g/mol. The third-order valence-electron chi connectivity index (χ3n) is 2.15. The van der Waals surface area contributed by atoms with Gasteiger partial charge in [0.1, 0.15) is 6.10 Å². The Labute approximate surface area is 77.5 Å². The van der Waals surface area contributed by atoms with E-state index in [0.29, 0.717) is 6.61 Å². The first-order chi connectivity index (χ1) is 6.40. The third-order valence-corrected chi connectivity index (χ3v) is 2.15. The van der Waals surface area contributed by atoms with Crippen molar-refractivity contribution in [1.29, 1.82) is 0 Å². The summed E-state index contributed by atoms with van der Waals surface area (Å²) in [4.78, 5) is 0. The smallest absolute Gasteiger partial charge is 0.101 e. The van der Waals surface area contributed by atoms with Crippen LogP contribution in [-0.4, -0.2) is 11.7 Å². The molecule has 2 heteroatoms. The quantitative estimate of drug-likeness (QED) is 0.696. The highest BCUT2D eigenvalue weighted by Gasteiger charge is 2.11. The number of hydrogen-bond donors (Lipinski definition) is 1. The fraction of sp³-hybridized carbons (Fsp3) is 0.273. The van der Waals surface area contributed by atoms with Crippen LogP contribution in [0, 0.1) is 0 Å². The van der Waals surface area contributed by atoms with Crippen LogP contribution < -0.4 is 0 Å². The minimum absolute atomic E-state index is 0.0755. The van der Waals surface area contributed by atoms with Crippen LogP contribution in [0.4, 0.5) is 0 Å². The van der Waals surface area contributed by atoms with Crippen LogP contribution in [0.1, 0.15) is 17.2 Å². The average Bonchev–Trinajstić information content (AvgIpc) is 2.71. The second kappa shape index (κ2) is 3.73. The lowest BCUT2D eigenvalue weighted by Crippen LogP contribution is -1.96. The van der Waals surface area contributed by atoms with Crippen molar-refractivity contribution in [2.45, 2.75) is 12.7 Å². The standard InChI is InChI=1S/C11H12O2/c12-8-9-3-1-4-10(7-9)11-5-2-6-13-11/h1-5,7,11-12H,6,8H2. The van der Waals surface area contributed by atoms with Crippen molar-refractivity contribution in [3.8, 4) is 0 Å². The maximum Gasteiger partial charge on any atom is 0.101 e. The molecule has 0 radical (unpaired) electrons. The Bertz CT molecular complexity index is 318. The highest BCUT2D eigenvalue weighted by Crippen LogP contribution is 2.23. The predicted molar refractivity (Wildman–Crippen MR) is 50.2 cm³/mol. The number of hydrogen-bond acceptors (Lipinski definition) is 2. The summed E-state index contributed by atoms with van der Waals surface area (Å²) in [6, 6.07) is 7.83. The molecule has 13 heavy (non-hydrogen) atoms. The van der Waals surface area contributed by atoms with Gasteiger partial charge in [-0.1, -0.05) is 36.4 Å². The van der Waals surface area contributed by atoms with E-state index in [9.17, 15) is 0 Å². The van der Waals surface area contributed by atoms with Crippen LogP contribution in [-0.2, 0) is 11.3 Å². The van der Waals surface area contributed by atoms with Crippen LogP contribution >= 0.6 is 0 Å². The lowest BCUT2D eigenvalue weighted by atomic mass is 10.1. The normalized spacial score (nSPS) is 20.8. The summed E-state index contributed by atoms with van der Waals surface area (Å²) in [6.07, 6.45) is 4.12. The fourth-order valence-corrected chi connectivity index (χ4v) is 1.47. The summed E-state index contributed by atoms with van der Waals surface area (Å²) in [5.41, 5.74) is 2.04. The van der Waals surface area contributed by atoms with Crippen molar-refractivity contribution < 1.29 is 9.84 Å². The van der Waals surface area contributed by atoms with E-state index in [1.807, 2.05) is 36.4 Å². The zero-order valence-electron chi connectivity index (χ0n) is 7.31. The molecule has 0 aliphatic carbocycles. The van der Waals surface area contributed by atoms with Gasteiger partial charge in [-0.25, -0.2) is 0 Å². The fourth-order valence-electron chi connectivity index (χ4n) is 1.47. The van der Waals surface area contributed by atoms with Gasteiger partial charge in [-0.05, 0) is 11.1 Å². The molecule has 0 saturated carbocycles. The first-order valence-corrected chi connectivity index (χ1v) is 4.38. The Morgan fingerprint density at radius 1 is 1.46 bits per heavy atom. The van der Waals surface area contributed by atoms with E-state index >= 15 is 0 Å². The van der Waals surface area contributed by atoms with Gasteiger partial charge in [-0.2, -0.15) is 0 Å². The summed E-state index contributed by atoms with van der Waals surface area (Å²) in [5.74, 6) is 0. The Balaban J connectivity index is 2.24. The van der Waals surface area contributed by atoms with Gasteiger partial charge in [0, 0.05) is 0 Å². The van der Waals surface area contributed by atoms with Crippen molar-refractivity contribution in [3.05, 3.63) is 47.5 Å². The predicted octanol–water partition coefficient (Wildman–Crippen LogP) is 1.81. The van der Waals surface area contributed by atoms with E-state index in [2.05, 4.69) is 0 Å². The van der Waals surface area contributed by atoms with E-state index in [1.54, 1.807) is 0 Å². The molecule has 1 aliphatic heterocycles. The van der Waals surface area contributed by atoms with Crippen molar-refractivity contribution in [2.24, 2.45) is 0 Å². The molecule has 0 fully saturated rings. The van der Waals surface area contributed by atoms with Crippen molar-refractivity contribution in [1.82, 2.24) is 0 Å². The van der Waals surface area contributed by atoms with Crippen LogP contribution in [0.15, 0.2) is 36.4 Å². The van der Waals surface area contributed by atoms with Crippen molar-refractivity contribution >= 4 is 0 Å². The summed E-state index contributed by atoms with van der Waals surface area (Å²) in [7, 11) is 0. The van der Waals surface area contributed by atoms with E-state index in [1.165, 1.54) is 0 Å². The zero-order valence-corrected chi connectivity index (χ0v) is 7.31. The molecule has 1 N–H and O–H groups in total. The Morgan fingerprint density at radius 2 is 2.38 bits per heavy atom. The van der Waals surface area contributed by atoms with Gasteiger partial charge in [0.25, 0.3) is 0 Å². The van der Waals surface area contributed by atoms with Crippen LogP contribution in [0.5, 0.6) is 0 Å². The molecule has 2 nitrogen and oxygen atoms in total. The highest BCUT2D eigenvalue weighted by atomic mass is 16.5. The molecular formula is C11H12O2. The zero-order chi connectivity index (χ0) is 9.10. The number of benzene rings is 1. The van der Waals surface area contributed by atoms with Gasteiger partial charge in [-0.3, -0.25) is 0 Å². The van der Waals surface area contributed by atoms with Gasteiger partial charge in [0.05, 0.1) is 13.2 Å². The van der Waals surface area contributed by atoms with E-state index < -0.39 is 0 Å². The summed E-state index contributed by atoms with van der Waals surface area (Å²) in [5, 5.41) is 8.95. The first kappa shape index (κ1) is 8.48. The topological polar surface area (TPSA) is 29.5 Å². The second-order valence-electron chi connectivity index (χ2n) is 3.09. The first-order valence-electron chi connectivity index (χ1n) is 4.38. The van der Waals surface area contributed by atoms with Crippen LogP contribution in [0.25, 0.3) is 0 Å². The Morgan fingerprint density at radius 3 is 3.08 bits per heavy atom. The largest absolute Gasteiger partial charge is 0.392 e. The molecule has 0 saturated heterocycles. The van der Waals surface area contributed by atoms with E-state index in [0.717, 1.165) is 11.1 Å². The van der Waals surface area contributed by atoms with Gasteiger partial charge in [-0.15, -0.1) is 0 Å². The molecule has 2 rings (SSSR count). The molecule has 0 bridgehead atoms. The molecule has 1 heterocycles. The molecule has 1 aromatic rings. The molecule has 0 spiro atoms. The molecule has 1 atom stereocenters. The molecule has 0 aromatic heterocycles. The van der Waals surface area contributed by atoms with Crippen molar-refractivity contribution in [2.75, 3.05) is 6.61 Å². The Hall–Kier alpha value is -1.12. The third kappa shape index (κ3) is 1.79. The molecular weight excluding hydrogens is 164 g/mol. The van der Waals surface area contributed by atoms with Gasteiger partial charge in [0.2, 0.25) is 0 Å². The minimum Gasteiger partial charge on any atom is -0.392 e. The Kier molecular flexibility index (Phi) is 2.43. The van der Waals surface area contributed by atoms with Gasteiger partial charge >= 0.3 is 0 Å². The summed E-state index contributed by atoms with van der Waals surface area (Å²) in [6.45, 7) is 0.776. The average molecular weight is 176 g/mol.